The Morgan fingerprint density at radius 1 is 0.118 bits per heavy atom. The van der Waals surface area contributed by atoms with Gasteiger partial charge in [0.2, 0.25) is 0 Å². The predicted molar refractivity (Wildman–Crippen MR) is 659 cm³/mol. The van der Waals surface area contributed by atoms with Crippen molar-refractivity contribution in [3.05, 3.63) is 0 Å². The predicted octanol–water partition coefficient (Wildman–Crippen LogP) is 53.0. The van der Waals surface area contributed by atoms with Crippen LogP contribution in [0.4, 0.5) is 0 Å². The molecule has 0 spiro atoms. The zero-order chi connectivity index (χ0) is 106. The molecule has 0 saturated carbocycles. The molecule has 0 fully saturated rings. The highest BCUT2D eigenvalue weighted by atomic mass is 16.5. The maximum absolute atomic E-state index is 19.8. The zero-order valence-electron chi connectivity index (χ0n) is 105. The van der Waals surface area contributed by atoms with Gasteiger partial charge >= 0.3 is 5.97 Å². The third-order valence-corrected chi connectivity index (χ3v) is 40.6. The summed E-state index contributed by atoms with van der Waals surface area (Å²) >= 11 is 0. The first-order chi connectivity index (χ1) is 70.5. The largest absolute Gasteiger partial charge is 0.466 e. The highest BCUT2D eigenvalue weighted by Crippen LogP contribution is 2.84. The van der Waals surface area contributed by atoms with E-state index in [4.69, 9.17) is 4.74 Å². The number of ether oxygens (including phenoxy) is 1. The van der Waals surface area contributed by atoms with Crippen LogP contribution < -0.4 is 0 Å². The fraction of sp³-hybridized carbons (Fsp3) is 0.993. The van der Waals surface area contributed by atoms with E-state index in [0.29, 0.717) is 12.6 Å². The Balaban J connectivity index is 14.1. The summed E-state index contributed by atoms with van der Waals surface area (Å²) in [5.41, 5.74) is -0.147. The molecule has 2 heteroatoms. The fourth-order valence-electron chi connectivity index (χ4n) is 33.0. The third kappa shape index (κ3) is 50.3. The van der Waals surface area contributed by atoms with E-state index in [0.717, 1.165) is 12.8 Å². The minimum absolute atomic E-state index is 0.0326. The highest BCUT2D eigenvalue weighted by Gasteiger charge is 2.77. The number of esters is 1. The van der Waals surface area contributed by atoms with Crippen molar-refractivity contribution < 1.29 is 9.53 Å². The Morgan fingerprint density at radius 2 is 0.236 bits per heavy atom. The standard InChI is InChI=1S/C142H284O2/c1-23-45-66-87-109-133(110-88-67-46-24-2,111-89-68-47-25-3)137(120-96-75-54-32-10,121-97-76-55-33-11)134(112-90-69-48-26-4,113-91-70-49-27-5)117-108-119-136(132(143)144-44-22,118-95-74-53-31-9)139(124-100-79-58-36-14,125-101-80-59-37-15)141(128-104-83-62-40-18,129-105-84-63-41-19)142(130-106-85-64-42-20,131-107-86-65-43-21)140(126-102-81-60-38-16,127-103-82-61-39-17)138(122-98-77-56-34-12,123-99-78-57-35-13)135(114-92-71-50-28-6,115-93-72-51-29-7)116-94-73-52-30-8/h23-131H2,1-22H3. The molecule has 0 aliphatic heterocycles. The second-order valence-electron chi connectivity index (χ2n) is 51.0. The van der Waals surface area contributed by atoms with Crippen molar-refractivity contribution in [2.75, 3.05) is 6.61 Å². The number of rotatable bonds is 119. The molecular formula is C142H284O2. The maximum atomic E-state index is 19.8. The highest BCUT2D eigenvalue weighted by molar-refractivity contribution is 5.78. The molecule has 0 bridgehead atoms. The van der Waals surface area contributed by atoms with E-state index >= 15 is 4.79 Å². The van der Waals surface area contributed by atoms with Gasteiger partial charge in [0.25, 0.3) is 0 Å². The van der Waals surface area contributed by atoms with Crippen molar-refractivity contribution in [2.45, 2.75) is 846 Å². The van der Waals surface area contributed by atoms with Crippen molar-refractivity contribution in [1.82, 2.24) is 0 Å². The Hall–Kier alpha value is -0.530. The second-order valence-corrected chi connectivity index (χ2v) is 51.0. The normalized spacial score (nSPS) is 13.4. The molecule has 0 aromatic rings. The van der Waals surface area contributed by atoms with Crippen molar-refractivity contribution in [2.24, 2.45) is 54.1 Å². The van der Waals surface area contributed by atoms with Gasteiger partial charge in [-0.2, -0.15) is 0 Å². The smallest absolute Gasteiger partial charge is 0.312 e. The van der Waals surface area contributed by atoms with Crippen LogP contribution in [0.15, 0.2) is 0 Å². The van der Waals surface area contributed by atoms with Crippen LogP contribution >= 0.6 is 0 Å². The van der Waals surface area contributed by atoms with Crippen LogP contribution in [0.5, 0.6) is 0 Å². The van der Waals surface area contributed by atoms with Gasteiger partial charge in [0.05, 0.1) is 12.0 Å². The maximum Gasteiger partial charge on any atom is 0.312 e. The van der Waals surface area contributed by atoms with Gasteiger partial charge in [-0.05, 0) is 203 Å². The molecule has 0 aliphatic rings. The van der Waals surface area contributed by atoms with E-state index in [-0.39, 0.29) is 48.7 Å². The average Bonchev–Trinajstić information content (AvgIpc) is 0.656. The van der Waals surface area contributed by atoms with Crippen molar-refractivity contribution in [1.29, 1.82) is 0 Å². The molecule has 0 rings (SSSR count). The van der Waals surface area contributed by atoms with Gasteiger partial charge in [0, 0.05) is 0 Å². The second kappa shape index (κ2) is 95.9. The third-order valence-electron chi connectivity index (χ3n) is 40.6. The molecule has 144 heavy (non-hydrogen) atoms. The molecule has 1 unspecified atom stereocenters. The minimum atomic E-state index is -0.667. The number of carbonyl (C=O) groups is 1. The van der Waals surface area contributed by atoms with Gasteiger partial charge in [-0.25, -0.2) is 0 Å². The molecule has 1 atom stereocenters. The Bertz CT molecular complexity index is 2470. The molecule has 2 nitrogen and oxygen atoms in total. The van der Waals surface area contributed by atoms with Crippen LogP contribution in [0.3, 0.4) is 0 Å². The van der Waals surface area contributed by atoms with Gasteiger partial charge in [-0.3, -0.25) is 4.79 Å². The average molecular weight is 2020 g/mol. The molecule has 0 saturated heterocycles. The zero-order valence-corrected chi connectivity index (χ0v) is 105. The van der Waals surface area contributed by atoms with E-state index in [1.165, 1.54) is 681 Å². The van der Waals surface area contributed by atoms with Crippen LogP contribution in [-0.2, 0) is 9.53 Å². The van der Waals surface area contributed by atoms with Gasteiger partial charge in [0.1, 0.15) is 0 Å². The fourth-order valence-corrected chi connectivity index (χ4v) is 33.0. The van der Waals surface area contributed by atoms with Crippen LogP contribution in [-0.4, -0.2) is 12.6 Å². The lowest BCUT2D eigenvalue weighted by Crippen LogP contribution is -2.71. The summed E-state index contributed by atoms with van der Waals surface area (Å²) in [6.07, 6.45) is 147. The quantitative estimate of drug-likeness (QED) is 0.0448. The monoisotopic (exact) mass is 2020 g/mol. The van der Waals surface area contributed by atoms with Gasteiger partial charge in [-0.1, -0.05) is 691 Å². The van der Waals surface area contributed by atoms with E-state index in [2.05, 4.69) is 152 Å². The number of hydrogen-bond acceptors (Lipinski definition) is 2. The first-order valence-electron chi connectivity index (χ1n) is 69.6. The lowest BCUT2D eigenvalue weighted by Gasteiger charge is -2.77. The van der Waals surface area contributed by atoms with Crippen molar-refractivity contribution in [3.8, 4) is 0 Å². The Morgan fingerprint density at radius 3 is 0.410 bits per heavy atom. The number of unbranched alkanes of at least 4 members (excludes halogenated alkanes) is 63. The molecular weight excluding hydrogens is 1740 g/mol. The van der Waals surface area contributed by atoms with E-state index in [1.54, 1.807) is 0 Å². The van der Waals surface area contributed by atoms with Gasteiger partial charge in [-0.15, -0.1) is 0 Å². The molecule has 0 aliphatic carbocycles. The molecule has 0 radical (unpaired) electrons. The minimum Gasteiger partial charge on any atom is -0.466 e. The SMILES string of the molecule is CCCCCCC(CCCCCC)(CCCCCC)C(CCCCCC)(CCCCCC)C(CCCCCC)(CCCCCC)CCCC(CCCCCC)(C(=O)OCC)C(CCCCCC)(CCCCCC)C(CCCCCC)(CCCCCC)C(CCCCCC)(CCCCCC)C(CCCCCC)(CCCCCC)C(CCCCCC)(CCCCCC)C(CCCCCC)(CCCCCC)CCCCCC. The molecule has 0 amide bonds. The van der Waals surface area contributed by atoms with Crippen LogP contribution in [0, 0.1) is 54.1 Å². The van der Waals surface area contributed by atoms with Gasteiger partial charge < -0.3 is 4.74 Å². The molecule has 0 N–H and O–H groups in total. The van der Waals surface area contributed by atoms with E-state index < -0.39 is 5.41 Å². The van der Waals surface area contributed by atoms with E-state index in [9.17, 15) is 0 Å². The Labute approximate surface area is 915 Å². The summed E-state index contributed by atoms with van der Waals surface area (Å²) in [6.45, 7) is 56.7. The van der Waals surface area contributed by atoms with Crippen molar-refractivity contribution in [3.63, 3.8) is 0 Å². The van der Waals surface area contributed by atoms with E-state index in [1.807, 2.05) is 0 Å². The summed E-state index contributed by atoms with van der Waals surface area (Å²) in [7, 11) is 0. The van der Waals surface area contributed by atoms with Crippen LogP contribution in [0.25, 0.3) is 0 Å². The topological polar surface area (TPSA) is 26.3 Å². The van der Waals surface area contributed by atoms with Crippen LogP contribution in [0.2, 0.25) is 0 Å². The lowest BCUT2D eigenvalue weighted by molar-refractivity contribution is -0.293. The molecule has 0 aromatic carbocycles. The first-order valence-corrected chi connectivity index (χ1v) is 69.6. The number of hydrogen-bond donors (Lipinski definition) is 0. The van der Waals surface area contributed by atoms with Crippen LogP contribution in [0.1, 0.15) is 846 Å². The lowest BCUT2D eigenvalue weighted by atomic mass is 9.26. The summed E-state index contributed by atoms with van der Waals surface area (Å²) in [6, 6.07) is 0. The number of carbonyl (C=O) groups excluding carboxylic acids is 1. The molecule has 0 aromatic heterocycles. The van der Waals surface area contributed by atoms with Crippen molar-refractivity contribution >= 4 is 5.97 Å². The first kappa shape index (κ1) is 143. The summed E-state index contributed by atoms with van der Waals surface area (Å²) < 4.78 is 8.07. The van der Waals surface area contributed by atoms with Gasteiger partial charge in [0.15, 0.2) is 0 Å². The Kier molecular flexibility index (Phi) is 95.5. The summed E-state index contributed by atoms with van der Waals surface area (Å²) in [5.74, 6) is 0.392. The molecule has 0 heterocycles. The molecule has 864 valence electrons. The summed E-state index contributed by atoms with van der Waals surface area (Å²) in [4.78, 5) is 19.8. The summed E-state index contributed by atoms with van der Waals surface area (Å²) in [5, 5.41) is 0.